The number of rotatable bonds is 20. The zero-order chi connectivity index (χ0) is 20.2. The Morgan fingerprint density at radius 3 is 1.43 bits per heavy atom. The number of hydrogen-bond acceptors (Lipinski definition) is 4. The van der Waals surface area contributed by atoms with Crippen LogP contribution in [0.15, 0.2) is 0 Å². The average molecular weight is 428 g/mol. The summed E-state index contributed by atoms with van der Waals surface area (Å²) in [6.45, 7) is 2.18. The second-order valence-corrected chi connectivity index (χ2v) is 9.19. The molecule has 0 aromatic rings. The molecule has 1 N–H and O–H groups in total. The Bertz CT molecular complexity index is 444. The van der Waals surface area contributed by atoms with Crippen LogP contribution >= 0.6 is 0 Å². The zero-order valence-electron chi connectivity index (χ0n) is 18.5. The molecule has 0 bridgehead atoms. The van der Waals surface area contributed by atoms with Gasteiger partial charge < -0.3 is 9.87 Å². The topological polar surface area (TPSA) is 86.3 Å². The van der Waals surface area contributed by atoms with Crippen molar-refractivity contribution in [2.45, 2.75) is 116 Å². The van der Waals surface area contributed by atoms with E-state index in [2.05, 4.69) is 12.2 Å². The van der Waals surface area contributed by atoms with Crippen molar-refractivity contribution in [2.24, 2.45) is 0 Å². The van der Waals surface area contributed by atoms with Gasteiger partial charge >= 0.3 is 29.6 Å². The van der Waals surface area contributed by atoms with Crippen LogP contribution in [0, 0.1) is 0 Å². The smallest absolute Gasteiger partial charge is 0.748 e. The van der Waals surface area contributed by atoms with E-state index in [9.17, 15) is 17.8 Å². The fourth-order valence-electron chi connectivity index (χ4n) is 3.24. The van der Waals surface area contributed by atoms with Crippen LogP contribution in [0.3, 0.4) is 0 Å². The summed E-state index contributed by atoms with van der Waals surface area (Å²) in [7, 11) is -4.24. The van der Waals surface area contributed by atoms with Gasteiger partial charge in [-0.1, -0.05) is 103 Å². The molecule has 0 aromatic heterocycles. The van der Waals surface area contributed by atoms with Crippen LogP contribution in [-0.2, 0) is 14.9 Å². The first-order valence-corrected chi connectivity index (χ1v) is 12.7. The first-order valence-electron chi connectivity index (χ1n) is 11.2. The molecule has 0 aliphatic rings. The van der Waals surface area contributed by atoms with E-state index in [0.717, 1.165) is 19.3 Å². The fraction of sp³-hybridized carbons (Fsp3) is 0.952. The van der Waals surface area contributed by atoms with Gasteiger partial charge in [-0.3, -0.25) is 4.79 Å². The van der Waals surface area contributed by atoms with Crippen LogP contribution in [-0.4, -0.2) is 31.2 Å². The molecule has 0 saturated heterocycles. The SMILES string of the molecule is CCCCCCCCCCCCCCCCCCC(=O)NCCS(=O)(=O)[O-].[Na+]. The molecule has 1 amide bonds. The predicted octanol–water partition coefficient (Wildman–Crippen LogP) is 2.30. The summed E-state index contributed by atoms with van der Waals surface area (Å²) >= 11 is 0. The molecule has 0 radical (unpaired) electrons. The van der Waals surface area contributed by atoms with Gasteiger partial charge in [0.1, 0.15) is 0 Å². The number of amides is 1. The van der Waals surface area contributed by atoms with E-state index < -0.39 is 15.9 Å². The molecule has 0 spiro atoms. The van der Waals surface area contributed by atoms with Crippen molar-refractivity contribution < 1.29 is 47.3 Å². The standard InChI is InChI=1S/C21H43NO4S.Na/c1-2-3-4-5-6-7-8-9-10-11-12-13-14-15-16-17-18-21(23)22-19-20-27(24,25)26;/h2-20H2,1H3,(H,22,23)(H,24,25,26);/q;+1/p-1. The van der Waals surface area contributed by atoms with Crippen molar-refractivity contribution in [3.8, 4) is 0 Å². The molecule has 0 aliphatic heterocycles. The van der Waals surface area contributed by atoms with Gasteiger partial charge in [-0.05, 0) is 6.42 Å². The van der Waals surface area contributed by atoms with Crippen molar-refractivity contribution in [3.05, 3.63) is 0 Å². The van der Waals surface area contributed by atoms with Gasteiger partial charge in [-0.15, -0.1) is 0 Å². The largest absolute Gasteiger partial charge is 1.00 e. The maximum atomic E-state index is 11.5. The second-order valence-electron chi connectivity index (χ2n) is 7.67. The molecule has 0 fully saturated rings. The molecule has 0 saturated carbocycles. The Hall–Kier alpha value is 0.380. The summed E-state index contributed by atoms with van der Waals surface area (Å²) in [6, 6.07) is 0. The minimum atomic E-state index is -4.24. The van der Waals surface area contributed by atoms with Gasteiger partial charge in [-0.25, -0.2) is 8.42 Å². The monoisotopic (exact) mass is 427 g/mol. The molecular weight excluding hydrogens is 385 g/mol. The third-order valence-corrected chi connectivity index (χ3v) is 5.64. The summed E-state index contributed by atoms with van der Waals surface area (Å²) in [6.07, 6.45) is 21.1. The Kier molecular flexibility index (Phi) is 24.1. The molecule has 162 valence electrons. The van der Waals surface area contributed by atoms with Gasteiger partial charge in [0.25, 0.3) is 0 Å². The second kappa shape index (κ2) is 22.1. The Morgan fingerprint density at radius 1 is 0.714 bits per heavy atom. The quantitative estimate of drug-likeness (QED) is 0.183. The van der Waals surface area contributed by atoms with E-state index in [1.54, 1.807) is 0 Å². The van der Waals surface area contributed by atoms with E-state index in [1.807, 2.05) is 0 Å². The van der Waals surface area contributed by atoms with Crippen LogP contribution in [0.1, 0.15) is 116 Å². The molecule has 0 rings (SSSR count). The molecule has 0 aliphatic carbocycles. The molecule has 0 unspecified atom stereocenters. The summed E-state index contributed by atoms with van der Waals surface area (Å²) in [5.74, 6) is -0.693. The maximum Gasteiger partial charge on any atom is 1.00 e. The predicted molar refractivity (Wildman–Crippen MR) is 112 cm³/mol. The van der Waals surface area contributed by atoms with Crippen LogP contribution in [0.5, 0.6) is 0 Å². The van der Waals surface area contributed by atoms with Crippen LogP contribution in [0.25, 0.3) is 0 Å². The van der Waals surface area contributed by atoms with Crippen molar-refractivity contribution >= 4 is 16.0 Å². The molecule has 0 heterocycles. The Balaban J connectivity index is 0. The summed E-state index contributed by atoms with van der Waals surface area (Å²) in [4.78, 5) is 11.5. The Morgan fingerprint density at radius 2 is 1.07 bits per heavy atom. The third-order valence-electron chi connectivity index (χ3n) is 4.93. The third kappa shape index (κ3) is 26.4. The summed E-state index contributed by atoms with van der Waals surface area (Å²) in [5.41, 5.74) is 0. The van der Waals surface area contributed by atoms with Gasteiger partial charge in [-0.2, -0.15) is 0 Å². The van der Waals surface area contributed by atoms with Crippen molar-refractivity contribution in [3.63, 3.8) is 0 Å². The van der Waals surface area contributed by atoms with E-state index in [1.165, 1.54) is 83.5 Å². The van der Waals surface area contributed by atoms with E-state index in [0.29, 0.717) is 6.42 Å². The summed E-state index contributed by atoms with van der Waals surface area (Å²) < 4.78 is 31.3. The number of carbonyl (C=O) groups excluding carboxylic acids is 1. The fourth-order valence-corrected chi connectivity index (χ4v) is 3.59. The molecule has 0 aromatic carbocycles. The number of nitrogens with one attached hydrogen (secondary N) is 1. The number of carbonyl (C=O) groups is 1. The van der Waals surface area contributed by atoms with Crippen molar-refractivity contribution in [1.82, 2.24) is 5.32 Å². The van der Waals surface area contributed by atoms with Crippen molar-refractivity contribution in [1.29, 1.82) is 0 Å². The van der Waals surface area contributed by atoms with E-state index >= 15 is 0 Å². The van der Waals surface area contributed by atoms with Crippen molar-refractivity contribution in [2.75, 3.05) is 12.3 Å². The first kappa shape index (κ1) is 30.6. The molecule has 28 heavy (non-hydrogen) atoms. The number of hydrogen-bond donors (Lipinski definition) is 1. The van der Waals surface area contributed by atoms with E-state index in [4.69, 9.17) is 0 Å². The van der Waals surface area contributed by atoms with Gasteiger partial charge in [0, 0.05) is 13.0 Å². The normalized spacial score (nSPS) is 11.2. The summed E-state index contributed by atoms with van der Waals surface area (Å²) in [5, 5.41) is 2.47. The average Bonchev–Trinajstić information content (AvgIpc) is 2.60. The molecular formula is C21H42NNaO4S. The molecule has 5 nitrogen and oxygen atoms in total. The molecule has 0 atom stereocenters. The van der Waals surface area contributed by atoms with Crippen LogP contribution in [0.2, 0.25) is 0 Å². The van der Waals surface area contributed by atoms with Gasteiger partial charge in [0.2, 0.25) is 5.91 Å². The maximum absolute atomic E-state index is 11.5. The number of unbranched alkanes of at least 4 members (excludes halogenated alkanes) is 15. The first-order chi connectivity index (χ1) is 13.0. The minimum absolute atomic E-state index is 0. The minimum Gasteiger partial charge on any atom is -0.748 e. The van der Waals surface area contributed by atoms with Crippen LogP contribution < -0.4 is 34.9 Å². The van der Waals surface area contributed by atoms with Crippen LogP contribution in [0.4, 0.5) is 0 Å². The molecule has 7 heteroatoms. The zero-order valence-corrected chi connectivity index (χ0v) is 21.3. The van der Waals surface area contributed by atoms with E-state index in [-0.39, 0.29) is 42.0 Å². The van der Waals surface area contributed by atoms with Gasteiger partial charge in [0.15, 0.2) is 0 Å². The van der Waals surface area contributed by atoms with Gasteiger partial charge in [0.05, 0.1) is 15.9 Å². The Labute approximate surface area is 196 Å².